The van der Waals surface area contributed by atoms with E-state index in [0.717, 1.165) is 31.4 Å². The van der Waals surface area contributed by atoms with Gasteiger partial charge in [0.15, 0.2) is 0 Å². The van der Waals surface area contributed by atoms with Crippen LogP contribution < -0.4 is 5.32 Å². The molecule has 1 saturated heterocycles. The molecule has 1 atom stereocenters. The van der Waals surface area contributed by atoms with E-state index in [1.54, 1.807) is 12.4 Å². The summed E-state index contributed by atoms with van der Waals surface area (Å²) in [6.07, 6.45) is 6.73. The number of aromatic nitrogens is 2. The summed E-state index contributed by atoms with van der Waals surface area (Å²) < 4.78 is 5.31. The predicted octanol–water partition coefficient (Wildman–Crippen LogP) is 1.97. The maximum atomic E-state index is 11.5. The Balaban J connectivity index is 1.99. The number of ether oxygens (including phenoxy) is 1. The number of hydrogen-bond acceptors (Lipinski definition) is 5. The first kappa shape index (κ1) is 15.7. The average Bonchev–Trinajstić information content (AvgIpc) is 2.50. The highest BCUT2D eigenvalue weighted by Crippen LogP contribution is 2.25. The number of carbonyl (C=O) groups is 1. The summed E-state index contributed by atoms with van der Waals surface area (Å²) >= 11 is 0. The molecule has 1 fully saturated rings. The molecule has 0 aromatic carbocycles. The van der Waals surface area contributed by atoms with Gasteiger partial charge >= 0.3 is 5.97 Å². The van der Waals surface area contributed by atoms with Gasteiger partial charge < -0.3 is 15.2 Å². The second kappa shape index (κ2) is 7.93. The lowest BCUT2D eigenvalue weighted by molar-refractivity contribution is -0.144. The molecule has 0 aliphatic carbocycles. The van der Waals surface area contributed by atoms with Crippen molar-refractivity contribution in [3.05, 3.63) is 18.1 Å². The topological polar surface area (TPSA) is 84.3 Å². The minimum atomic E-state index is -0.754. The third kappa shape index (κ3) is 4.39. The highest BCUT2D eigenvalue weighted by molar-refractivity contribution is 5.71. The number of anilines is 1. The fourth-order valence-corrected chi connectivity index (χ4v) is 2.71. The predicted molar refractivity (Wildman–Crippen MR) is 79.2 cm³/mol. The van der Waals surface area contributed by atoms with Gasteiger partial charge in [0, 0.05) is 32.2 Å². The van der Waals surface area contributed by atoms with Gasteiger partial charge in [-0.15, -0.1) is 0 Å². The third-order valence-electron chi connectivity index (χ3n) is 3.90. The van der Waals surface area contributed by atoms with Gasteiger partial charge in [0.25, 0.3) is 0 Å². The molecule has 21 heavy (non-hydrogen) atoms. The van der Waals surface area contributed by atoms with Crippen LogP contribution in [0, 0.1) is 11.8 Å². The Labute approximate surface area is 124 Å². The summed E-state index contributed by atoms with van der Waals surface area (Å²) in [5.41, 5.74) is 0.899. The van der Waals surface area contributed by atoms with Gasteiger partial charge in [0.2, 0.25) is 0 Å². The second-order valence-corrected chi connectivity index (χ2v) is 5.38. The van der Waals surface area contributed by atoms with E-state index < -0.39 is 11.9 Å². The van der Waals surface area contributed by atoms with E-state index >= 15 is 0 Å². The lowest BCUT2D eigenvalue weighted by Crippen LogP contribution is -2.34. The number of nitrogens with zero attached hydrogens (tertiary/aromatic N) is 2. The number of carboxylic acids is 1. The monoisotopic (exact) mass is 293 g/mol. The van der Waals surface area contributed by atoms with Gasteiger partial charge in [-0.3, -0.25) is 9.78 Å². The molecule has 0 spiro atoms. The number of rotatable bonds is 7. The Morgan fingerprint density at radius 1 is 1.43 bits per heavy atom. The van der Waals surface area contributed by atoms with Crippen LogP contribution in [-0.4, -0.2) is 40.8 Å². The van der Waals surface area contributed by atoms with E-state index in [1.807, 2.05) is 0 Å². The molecule has 0 radical (unpaired) electrons. The lowest BCUT2D eigenvalue weighted by atomic mass is 9.86. The number of carboxylic acid groups (broad SMARTS) is 1. The van der Waals surface area contributed by atoms with Gasteiger partial charge in [0.1, 0.15) is 5.82 Å². The Morgan fingerprint density at radius 2 is 2.14 bits per heavy atom. The molecule has 2 heterocycles. The largest absolute Gasteiger partial charge is 0.481 e. The van der Waals surface area contributed by atoms with Crippen molar-refractivity contribution in [3.8, 4) is 0 Å². The standard InChI is InChI=1S/C15H23N3O3/c1-2-3-13-14(17-7-6-16-13)18-10-12(15(19)20)11-4-8-21-9-5-11/h6-7,11-12H,2-5,8-10H2,1H3,(H,17,18)(H,19,20). The maximum absolute atomic E-state index is 11.5. The molecule has 0 amide bonds. The van der Waals surface area contributed by atoms with Crippen molar-refractivity contribution >= 4 is 11.8 Å². The van der Waals surface area contributed by atoms with E-state index in [0.29, 0.717) is 25.6 Å². The van der Waals surface area contributed by atoms with Gasteiger partial charge in [0.05, 0.1) is 11.6 Å². The Kier molecular flexibility index (Phi) is 5.92. The van der Waals surface area contributed by atoms with Crippen LogP contribution >= 0.6 is 0 Å². The zero-order valence-electron chi connectivity index (χ0n) is 12.4. The molecular formula is C15H23N3O3. The summed E-state index contributed by atoms with van der Waals surface area (Å²) in [5.74, 6) is -0.298. The number of hydrogen-bond donors (Lipinski definition) is 2. The maximum Gasteiger partial charge on any atom is 0.308 e. The molecule has 0 saturated carbocycles. The summed E-state index contributed by atoms with van der Waals surface area (Å²) in [6.45, 7) is 3.78. The fraction of sp³-hybridized carbons (Fsp3) is 0.667. The zero-order chi connectivity index (χ0) is 15.1. The van der Waals surface area contributed by atoms with Crippen molar-refractivity contribution in [2.75, 3.05) is 25.1 Å². The van der Waals surface area contributed by atoms with Gasteiger partial charge in [-0.25, -0.2) is 4.98 Å². The first-order chi connectivity index (χ1) is 10.2. The van der Waals surface area contributed by atoms with Crippen LogP contribution in [0.25, 0.3) is 0 Å². The molecule has 1 aromatic rings. The van der Waals surface area contributed by atoms with Crippen LogP contribution in [0.15, 0.2) is 12.4 Å². The SMILES string of the molecule is CCCc1nccnc1NCC(C(=O)O)C1CCOCC1. The number of aryl methyl sites for hydroxylation is 1. The Morgan fingerprint density at radius 3 is 2.81 bits per heavy atom. The molecule has 1 aliphatic rings. The number of nitrogens with one attached hydrogen (secondary N) is 1. The van der Waals surface area contributed by atoms with Crippen LogP contribution in [0.3, 0.4) is 0 Å². The van der Waals surface area contributed by atoms with Crippen LogP contribution in [0.4, 0.5) is 5.82 Å². The van der Waals surface area contributed by atoms with Crippen molar-refractivity contribution in [3.63, 3.8) is 0 Å². The molecule has 116 valence electrons. The van der Waals surface area contributed by atoms with Crippen molar-refractivity contribution < 1.29 is 14.6 Å². The van der Waals surface area contributed by atoms with Crippen molar-refractivity contribution in [1.29, 1.82) is 0 Å². The molecule has 1 aliphatic heterocycles. The smallest absolute Gasteiger partial charge is 0.308 e. The highest BCUT2D eigenvalue weighted by Gasteiger charge is 2.29. The fourth-order valence-electron chi connectivity index (χ4n) is 2.71. The molecule has 1 unspecified atom stereocenters. The first-order valence-electron chi connectivity index (χ1n) is 7.56. The summed E-state index contributed by atoms with van der Waals surface area (Å²) in [5, 5.41) is 12.6. The van der Waals surface area contributed by atoms with Crippen LogP contribution in [0.1, 0.15) is 31.9 Å². The van der Waals surface area contributed by atoms with Crippen LogP contribution in [0.5, 0.6) is 0 Å². The van der Waals surface area contributed by atoms with Gasteiger partial charge in [-0.1, -0.05) is 13.3 Å². The number of aliphatic carboxylic acids is 1. The van der Waals surface area contributed by atoms with Crippen molar-refractivity contribution in [1.82, 2.24) is 9.97 Å². The molecular weight excluding hydrogens is 270 g/mol. The Bertz CT molecular complexity index is 461. The van der Waals surface area contributed by atoms with E-state index in [-0.39, 0.29) is 5.92 Å². The minimum Gasteiger partial charge on any atom is -0.481 e. The normalized spacial score (nSPS) is 17.4. The van der Waals surface area contributed by atoms with E-state index in [1.165, 1.54) is 0 Å². The van der Waals surface area contributed by atoms with E-state index in [2.05, 4.69) is 22.2 Å². The first-order valence-corrected chi connectivity index (χ1v) is 7.56. The minimum absolute atomic E-state index is 0.162. The van der Waals surface area contributed by atoms with E-state index in [9.17, 15) is 9.90 Å². The average molecular weight is 293 g/mol. The summed E-state index contributed by atoms with van der Waals surface area (Å²) in [6, 6.07) is 0. The van der Waals surface area contributed by atoms with E-state index in [4.69, 9.17) is 4.74 Å². The summed E-state index contributed by atoms with van der Waals surface area (Å²) in [7, 11) is 0. The lowest BCUT2D eigenvalue weighted by Gasteiger charge is -2.28. The third-order valence-corrected chi connectivity index (χ3v) is 3.90. The van der Waals surface area contributed by atoms with Crippen molar-refractivity contribution in [2.45, 2.75) is 32.6 Å². The molecule has 2 N–H and O–H groups in total. The molecule has 2 rings (SSSR count). The second-order valence-electron chi connectivity index (χ2n) is 5.38. The quantitative estimate of drug-likeness (QED) is 0.799. The molecule has 6 heteroatoms. The van der Waals surface area contributed by atoms with Crippen LogP contribution in [0.2, 0.25) is 0 Å². The van der Waals surface area contributed by atoms with Gasteiger partial charge in [-0.05, 0) is 25.2 Å². The molecule has 0 bridgehead atoms. The molecule has 6 nitrogen and oxygen atoms in total. The zero-order valence-corrected chi connectivity index (χ0v) is 12.4. The van der Waals surface area contributed by atoms with Crippen molar-refractivity contribution in [2.24, 2.45) is 11.8 Å². The summed E-state index contributed by atoms with van der Waals surface area (Å²) in [4.78, 5) is 20.1. The molecule has 1 aromatic heterocycles. The van der Waals surface area contributed by atoms with Gasteiger partial charge in [-0.2, -0.15) is 0 Å². The Hall–Kier alpha value is -1.69. The highest BCUT2D eigenvalue weighted by atomic mass is 16.5. The van der Waals surface area contributed by atoms with Crippen LogP contribution in [-0.2, 0) is 16.0 Å².